The molecule has 0 amide bonds. The van der Waals surface area contributed by atoms with Crippen molar-refractivity contribution in [3.8, 4) is 0 Å². The Labute approximate surface area is 105 Å². The standard InChI is InChI=1S/C9H11BrN2O3S/c1-3-15-8(14)5-7(6(13)4(2)10)16-9(11)12-5/h4H,3H2,1-2H3,(H2,11,12). The molecule has 0 saturated carbocycles. The summed E-state index contributed by atoms with van der Waals surface area (Å²) in [5, 5.41) is 0.180. The van der Waals surface area contributed by atoms with E-state index in [-0.39, 0.29) is 32.9 Å². The van der Waals surface area contributed by atoms with Gasteiger partial charge in [0.05, 0.1) is 11.4 Å². The second-order valence-corrected chi connectivity index (χ2v) is 5.33. The van der Waals surface area contributed by atoms with E-state index in [9.17, 15) is 9.59 Å². The second-order valence-electron chi connectivity index (χ2n) is 2.93. The van der Waals surface area contributed by atoms with Crippen molar-refractivity contribution in [1.82, 2.24) is 4.98 Å². The quantitative estimate of drug-likeness (QED) is 0.521. The summed E-state index contributed by atoms with van der Waals surface area (Å²) < 4.78 is 4.79. The number of anilines is 1. The Morgan fingerprint density at radius 1 is 1.62 bits per heavy atom. The molecule has 2 N–H and O–H groups in total. The molecule has 1 rings (SSSR count). The smallest absolute Gasteiger partial charge is 0.358 e. The summed E-state index contributed by atoms with van der Waals surface area (Å²) in [5.74, 6) is -0.843. The number of nitrogens with two attached hydrogens (primary N) is 1. The number of hydrogen-bond donors (Lipinski definition) is 1. The van der Waals surface area contributed by atoms with Gasteiger partial charge in [-0.3, -0.25) is 4.79 Å². The van der Waals surface area contributed by atoms with Crippen molar-refractivity contribution in [2.24, 2.45) is 0 Å². The number of esters is 1. The number of carbonyl (C=O) groups excluding carboxylic acids is 2. The Kier molecular flexibility index (Phi) is 4.43. The van der Waals surface area contributed by atoms with Crippen molar-refractivity contribution in [3.05, 3.63) is 10.6 Å². The first kappa shape index (κ1) is 13.1. The summed E-state index contributed by atoms with van der Waals surface area (Å²) in [6.07, 6.45) is 0. The summed E-state index contributed by atoms with van der Waals surface area (Å²) >= 11 is 4.14. The van der Waals surface area contributed by atoms with Crippen LogP contribution in [0.15, 0.2) is 0 Å². The number of thiazole rings is 1. The van der Waals surface area contributed by atoms with Crippen LogP contribution >= 0.6 is 27.3 Å². The molecule has 0 aliphatic heterocycles. The van der Waals surface area contributed by atoms with Gasteiger partial charge in [0, 0.05) is 0 Å². The number of carbonyl (C=O) groups is 2. The van der Waals surface area contributed by atoms with Crippen molar-refractivity contribution < 1.29 is 14.3 Å². The molecular formula is C9H11BrN2O3S. The Morgan fingerprint density at radius 2 is 2.25 bits per heavy atom. The van der Waals surface area contributed by atoms with E-state index < -0.39 is 5.97 Å². The second kappa shape index (κ2) is 5.40. The van der Waals surface area contributed by atoms with Gasteiger partial charge in [-0.2, -0.15) is 0 Å². The highest BCUT2D eigenvalue weighted by Crippen LogP contribution is 2.24. The minimum Gasteiger partial charge on any atom is -0.461 e. The topological polar surface area (TPSA) is 82.3 Å². The summed E-state index contributed by atoms with van der Waals surface area (Å²) in [4.78, 5) is 26.9. The molecule has 1 unspecified atom stereocenters. The van der Waals surface area contributed by atoms with Gasteiger partial charge in [0.2, 0.25) is 0 Å². The third kappa shape index (κ3) is 2.79. The molecule has 1 aromatic rings. The molecule has 1 heterocycles. The fraction of sp³-hybridized carbons (Fsp3) is 0.444. The predicted octanol–water partition coefficient (Wildman–Crippen LogP) is 1.87. The van der Waals surface area contributed by atoms with Crippen molar-refractivity contribution >= 4 is 44.2 Å². The Hall–Kier alpha value is -0.950. The van der Waals surface area contributed by atoms with E-state index >= 15 is 0 Å². The van der Waals surface area contributed by atoms with Crippen molar-refractivity contribution in [3.63, 3.8) is 0 Å². The highest BCUT2D eigenvalue weighted by Gasteiger charge is 2.25. The largest absolute Gasteiger partial charge is 0.461 e. The lowest BCUT2D eigenvalue weighted by atomic mass is 10.2. The monoisotopic (exact) mass is 306 g/mol. The van der Waals surface area contributed by atoms with Crippen LogP contribution in [0.5, 0.6) is 0 Å². The molecule has 0 fully saturated rings. The zero-order chi connectivity index (χ0) is 12.3. The minimum atomic E-state index is -0.619. The fourth-order valence-electron chi connectivity index (χ4n) is 1.02. The van der Waals surface area contributed by atoms with Gasteiger partial charge in [0.15, 0.2) is 16.6 Å². The average molecular weight is 307 g/mol. The van der Waals surface area contributed by atoms with E-state index in [2.05, 4.69) is 20.9 Å². The van der Waals surface area contributed by atoms with Crippen LogP contribution in [0.3, 0.4) is 0 Å². The van der Waals surface area contributed by atoms with Crippen molar-refractivity contribution in [2.75, 3.05) is 12.3 Å². The van der Waals surface area contributed by atoms with Crippen LogP contribution in [-0.2, 0) is 4.74 Å². The number of ether oxygens (including phenoxy) is 1. The van der Waals surface area contributed by atoms with Gasteiger partial charge in [-0.1, -0.05) is 27.3 Å². The van der Waals surface area contributed by atoms with Gasteiger partial charge in [-0.25, -0.2) is 9.78 Å². The van der Waals surface area contributed by atoms with Gasteiger partial charge in [-0.15, -0.1) is 0 Å². The zero-order valence-electron chi connectivity index (χ0n) is 8.82. The number of ketones is 1. The fourth-order valence-corrected chi connectivity index (χ4v) is 2.25. The summed E-state index contributed by atoms with van der Waals surface area (Å²) in [5.41, 5.74) is 5.48. The molecule has 0 saturated heterocycles. The lowest BCUT2D eigenvalue weighted by Gasteiger charge is -2.02. The molecule has 88 valence electrons. The minimum absolute atomic E-state index is 0.000602. The van der Waals surface area contributed by atoms with Crippen molar-refractivity contribution in [1.29, 1.82) is 0 Å². The van der Waals surface area contributed by atoms with Gasteiger partial charge >= 0.3 is 5.97 Å². The predicted molar refractivity (Wildman–Crippen MR) is 65.2 cm³/mol. The number of rotatable bonds is 4. The third-order valence-electron chi connectivity index (χ3n) is 1.70. The van der Waals surface area contributed by atoms with Crippen LogP contribution < -0.4 is 5.73 Å². The highest BCUT2D eigenvalue weighted by atomic mass is 79.9. The molecule has 7 heteroatoms. The van der Waals surface area contributed by atoms with Crippen LogP contribution in [-0.4, -0.2) is 28.2 Å². The number of nitrogens with zero attached hydrogens (tertiary/aromatic N) is 1. The first-order chi connectivity index (χ1) is 7.47. The molecule has 0 aliphatic rings. The van der Waals surface area contributed by atoms with Crippen LogP contribution in [0.4, 0.5) is 5.13 Å². The Morgan fingerprint density at radius 3 is 2.75 bits per heavy atom. The van der Waals surface area contributed by atoms with Crippen molar-refractivity contribution in [2.45, 2.75) is 18.7 Å². The maximum absolute atomic E-state index is 11.7. The molecule has 0 aromatic carbocycles. The zero-order valence-corrected chi connectivity index (χ0v) is 11.2. The summed E-state index contributed by atoms with van der Waals surface area (Å²) in [6.45, 7) is 3.59. The number of Topliss-reactive ketones (excluding diaryl/α,β-unsaturated/α-hetero) is 1. The Balaban J connectivity index is 3.09. The van der Waals surface area contributed by atoms with Gasteiger partial charge < -0.3 is 10.5 Å². The molecule has 1 aromatic heterocycles. The van der Waals surface area contributed by atoms with E-state index in [0.29, 0.717) is 0 Å². The normalized spacial score (nSPS) is 12.2. The first-order valence-corrected chi connectivity index (χ1v) is 6.32. The van der Waals surface area contributed by atoms with Gasteiger partial charge in [0.25, 0.3) is 0 Å². The number of nitrogen functional groups attached to an aromatic ring is 1. The van der Waals surface area contributed by atoms with Crippen LogP contribution in [0.25, 0.3) is 0 Å². The molecule has 1 atom stereocenters. The van der Waals surface area contributed by atoms with E-state index in [4.69, 9.17) is 10.5 Å². The van der Waals surface area contributed by atoms with E-state index in [1.54, 1.807) is 13.8 Å². The van der Waals surface area contributed by atoms with Crippen LogP contribution in [0.2, 0.25) is 0 Å². The van der Waals surface area contributed by atoms with E-state index in [0.717, 1.165) is 11.3 Å². The number of alkyl halides is 1. The third-order valence-corrected chi connectivity index (χ3v) is 3.01. The highest BCUT2D eigenvalue weighted by molar-refractivity contribution is 9.10. The lowest BCUT2D eigenvalue weighted by molar-refractivity contribution is 0.0517. The van der Waals surface area contributed by atoms with E-state index in [1.807, 2.05) is 0 Å². The number of aromatic nitrogens is 1. The maximum atomic E-state index is 11.7. The maximum Gasteiger partial charge on any atom is 0.358 e. The summed E-state index contributed by atoms with van der Waals surface area (Å²) in [6, 6.07) is 0. The molecule has 16 heavy (non-hydrogen) atoms. The molecule has 0 spiro atoms. The molecular weight excluding hydrogens is 296 g/mol. The first-order valence-electron chi connectivity index (χ1n) is 4.59. The summed E-state index contributed by atoms with van der Waals surface area (Å²) in [7, 11) is 0. The number of halogens is 1. The SMILES string of the molecule is CCOC(=O)c1nc(N)sc1C(=O)C(C)Br. The number of hydrogen-bond acceptors (Lipinski definition) is 6. The van der Waals surface area contributed by atoms with Crippen LogP contribution in [0, 0.1) is 0 Å². The van der Waals surface area contributed by atoms with Crippen LogP contribution in [0.1, 0.15) is 34.0 Å². The van der Waals surface area contributed by atoms with Gasteiger partial charge in [-0.05, 0) is 13.8 Å². The van der Waals surface area contributed by atoms with E-state index in [1.165, 1.54) is 0 Å². The molecule has 0 radical (unpaired) electrons. The molecule has 0 bridgehead atoms. The van der Waals surface area contributed by atoms with Gasteiger partial charge in [0.1, 0.15) is 4.88 Å². The Bertz CT molecular complexity index is 417. The average Bonchev–Trinajstić information content (AvgIpc) is 2.59. The molecule has 0 aliphatic carbocycles. The molecule has 5 nitrogen and oxygen atoms in total. The lowest BCUT2D eigenvalue weighted by Crippen LogP contribution is -2.15.